The Bertz CT molecular complexity index is 1690. The van der Waals surface area contributed by atoms with E-state index in [0.29, 0.717) is 0 Å². The Hall–Kier alpha value is -6.32. The summed E-state index contributed by atoms with van der Waals surface area (Å²) in [6.07, 6.45) is -1.21. The third kappa shape index (κ3) is 6.37. The van der Waals surface area contributed by atoms with Gasteiger partial charge in [0, 0.05) is 101 Å². The van der Waals surface area contributed by atoms with Gasteiger partial charge >= 0.3 is 0 Å². The highest BCUT2D eigenvalue weighted by Crippen LogP contribution is 2.38. The highest BCUT2D eigenvalue weighted by atomic mass is 16.6. The molecule has 4 rings (SSSR count). The lowest BCUT2D eigenvalue weighted by atomic mass is 9.93. The fourth-order valence-corrected chi connectivity index (χ4v) is 4.50. The van der Waals surface area contributed by atoms with Crippen molar-refractivity contribution in [3.8, 4) is 23.0 Å². The van der Waals surface area contributed by atoms with Crippen LogP contribution in [0.3, 0.4) is 0 Å². The fourth-order valence-electron chi connectivity index (χ4n) is 4.50. The van der Waals surface area contributed by atoms with Crippen molar-refractivity contribution in [3.63, 3.8) is 0 Å². The Morgan fingerprint density at radius 1 is 0.419 bits per heavy atom. The molecule has 4 aromatic rings. The summed E-state index contributed by atoms with van der Waals surface area (Å²) in [4.78, 5) is 42.7. The van der Waals surface area contributed by atoms with E-state index < -0.39 is 49.0 Å². The number of non-ortho nitro benzene ring substituents is 4. The van der Waals surface area contributed by atoms with Crippen molar-refractivity contribution in [3.05, 3.63) is 135 Å². The van der Waals surface area contributed by atoms with Crippen molar-refractivity contribution in [1.82, 2.24) is 0 Å². The highest BCUT2D eigenvalue weighted by molar-refractivity contribution is 5.58. The van der Waals surface area contributed by atoms with Gasteiger partial charge in [0.1, 0.15) is 23.0 Å². The lowest BCUT2D eigenvalue weighted by Crippen LogP contribution is -2.02. The lowest BCUT2D eigenvalue weighted by Gasteiger charge is -2.14. The molecule has 0 saturated heterocycles. The summed E-state index contributed by atoms with van der Waals surface area (Å²) >= 11 is 0. The number of phenolic OH excluding ortho intramolecular Hbond substituents is 4. The molecule has 4 N–H and O–H groups in total. The van der Waals surface area contributed by atoms with Gasteiger partial charge in [-0.05, 0) is 12.1 Å². The molecule has 0 spiro atoms. The number of nitrogens with zero attached hydrogens (tertiary/aromatic N) is 4. The van der Waals surface area contributed by atoms with Crippen LogP contribution in [-0.4, -0.2) is 40.1 Å². The molecule has 0 unspecified atom stereocenters. The highest BCUT2D eigenvalue weighted by Gasteiger charge is 2.23. The van der Waals surface area contributed by atoms with Crippen LogP contribution in [-0.2, 0) is 19.3 Å². The van der Waals surface area contributed by atoms with E-state index in [1.165, 1.54) is 0 Å². The number of benzene rings is 4. The van der Waals surface area contributed by atoms with Crippen LogP contribution in [0.1, 0.15) is 33.4 Å². The minimum atomic E-state index is -0.774. The van der Waals surface area contributed by atoms with Crippen molar-refractivity contribution in [2.75, 3.05) is 0 Å². The largest absolute Gasteiger partial charge is 0.508 e. The van der Waals surface area contributed by atoms with E-state index in [0.717, 1.165) is 60.7 Å². The third-order valence-corrected chi connectivity index (χ3v) is 6.62. The van der Waals surface area contributed by atoms with Crippen molar-refractivity contribution < 1.29 is 40.1 Å². The van der Waals surface area contributed by atoms with Gasteiger partial charge in [-0.1, -0.05) is 0 Å². The van der Waals surface area contributed by atoms with Crippen molar-refractivity contribution >= 4 is 22.7 Å². The average molecular weight is 592 g/mol. The standard InChI is InChI=1S/C27H20N4O12/c32-24-3-1-20(28(36)37)8-14(24)5-16-10-22(30(40)41)12-18(26(16)34)7-19-13-23(31(42)43)11-17(27(19)35)6-15-9-21(29(38)39)2-4-25(15)33/h1-4,8-13,32-35H,5-7H2. The van der Waals surface area contributed by atoms with Crippen LogP contribution >= 0.6 is 0 Å². The van der Waals surface area contributed by atoms with Gasteiger partial charge in [0.25, 0.3) is 22.7 Å². The molecule has 0 fully saturated rings. The first-order chi connectivity index (χ1) is 20.2. The summed E-state index contributed by atoms with van der Waals surface area (Å²) in [5.41, 5.74) is -2.31. The maximum absolute atomic E-state index is 11.7. The zero-order chi connectivity index (χ0) is 31.6. The summed E-state index contributed by atoms with van der Waals surface area (Å²) in [6.45, 7) is 0. The minimum Gasteiger partial charge on any atom is -0.508 e. The maximum atomic E-state index is 11.7. The van der Waals surface area contributed by atoms with Crippen LogP contribution in [0.4, 0.5) is 22.7 Å². The van der Waals surface area contributed by atoms with E-state index >= 15 is 0 Å². The maximum Gasteiger partial charge on any atom is 0.270 e. The Kier molecular flexibility index (Phi) is 8.04. The van der Waals surface area contributed by atoms with Crippen LogP contribution in [0.5, 0.6) is 23.0 Å². The number of hydrogen-bond acceptors (Lipinski definition) is 12. The van der Waals surface area contributed by atoms with E-state index in [2.05, 4.69) is 0 Å². The number of hydrogen-bond donors (Lipinski definition) is 4. The second-order valence-electron chi connectivity index (χ2n) is 9.41. The molecule has 4 aromatic carbocycles. The Labute approximate surface area is 239 Å². The molecule has 0 bridgehead atoms. The lowest BCUT2D eigenvalue weighted by molar-refractivity contribution is -0.385. The fraction of sp³-hybridized carbons (Fsp3) is 0.111. The molecule has 0 atom stereocenters. The van der Waals surface area contributed by atoms with Crippen LogP contribution in [0.2, 0.25) is 0 Å². The van der Waals surface area contributed by atoms with Gasteiger partial charge in [-0.3, -0.25) is 40.5 Å². The van der Waals surface area contributed by atoms with Gasteiger partial charge < -0.3 is 20.4 Å². The molecule has 0 aliphatic carbocycles. The van der Waals surface area contributed by atoms with E-state index in [9.17, 15) is 60.9 Å². The summed E-state index contributed by atoms with van der Waals surface area (Å²) in [5.74, 6) is -1.80. The summed E-state index contributed by atoms with van der Waals surface area (Å²) in [7, 11) is 0. The molecule has 43 heavy (non-hydrogen) atoms. The number of phenols is 4. The monoisotopic (exact) mass is 592 g/mol. The van der Waals surface area contributed by atoms with Crippen molar-refractivity contribution in [2.24, 2.45) is 0 Å². The van der Waals surface area contributed by atoms with Gasteiger partial charge in [0.15, 0.2) is 0 Å². The molecular formula is C27H20N4O12. The van der Waals surface area contributed by atoms with E-state index in [4.69, 9.17) is 0 Å². The molecule has 0 amide bonds. The first kappa shape index (κ1) is 29.7. The second kappa shape index (κ2) is 11.7. The Morgan fingerprint density at radius 3 is 0.953 bits per heavy atom. The van der Waals surface area contributed by atoms with Crippen molar-refractivity contribution in [2.45, 2.75) is 19.3 Å². The zero-order valence-electron chi connectivity index (χ0n) is 21.7. The number of nitro benzene ring substituents is 4. The van der Waals surface area contributed by atoms with Crippen LogP contribution in [0, 0.1) is 40.5 Å². The topological polar surface area (TPSA) is 253 Å². The normalized spacial score (nSPS) is 10.8. The summed E-state index contributed by atoms with van der Waals surface area (Å²) < 4.78 is 0. The molecule has 0 aromatic heterocycles. The van der Waals surface area contributed by atoms with Crippen molar-refractivity contribution in [1.29, 1.82) is 0 Å². The SMILES string of the molecule is O=[N+]([O-])c1ccc(O)c(Cc2cc([N+](=O)[O-])cc(Cc3cc([N+](=O)[O-])cc(Cc4cc([N+](=O)[O-])ccc4O)c3O)c2O)c1. The molecule has 0 aliphatic heterocycles. The van der Waals surface area contributed by atoms with Crippen LogP contribution in [0.25, 0.3) is 0 Å². The van der Waals surface area contributed by atoms with Gasteiger partial charge in [0.05, 0.1) is 19.7 Å². The first-order valence-electron chi connectivity index (χ1n) is 12.2. The smallest absolute Gasteiger partial charge is 0.270 e. The Morgan fingerprint density at radius 2 is 0.674 bits per heavy atom. The molecule has 0 aliphatic rings. The van der Waals surface area contributed by atoms with Gasteiger partial charge in [-0.25, -0.2) is 0 Å². The van der Waals surface area contributed by atoms with Gasteiger partial charge in [-0.15, -0.1) is 0 Å². The molecule has 220 valence electrons. The van der Waals surface area contributed by atoms with Gasteiger partial charge in [-0.2, -0.15) is 0 Å². The van der Waals surface area contributed by atoms with Crippen LogP contribution < -0.4 is 0 Å². The summed E-state index contributed by atoms with van der Waals surface area (Å²) in [5, 5.41) is 88.2. The van der Waals surface area contributed by atoms with Crippen LogP contribution in [0.15, 0.2) is 60.7 Å². The predicted molar refractivity (Wildman–Crippen MR) is 147 cm³/mol. The summed E-state index contributed by atoms with van der Waals surface area (Å²) in [6, 6.07) is 10.3. The predicted octanol–water partition coefficient (Wildman–Crippen LogP) is 4.91. The van der Waals surface area contributed by atoms with E-state index in [-0.39, 0.29) is 69.1 Å². The third-order valence-electron chi connectivity index (χ3n) is 6.62. The quantitative estimate of drug-likeness (QED) is 0.141. The second-order valence-corrected chi connectivity index (χ2v) is 9.41. The number of rotatable bonds is 10. The number of nitro groups is 4. The number of aromatic hydroxyl groups is 4. The molecule has 0 saturated carbocycles. The molecular weight excluding hydrogens is 572 g/mol. The molecule has 16 heteroatoms. The molecule has 0 heterocycles. The minimum absolute atomic E-state index is 0.0202. The molecule has 0 radical (unpaired) electrons. The molecule has 16 nitrogen and oxygen atoms in total. The van der Waals surface area contributed by atoms with Gasteiger partial charge in [0.2, 0.25) is 0 Å². The zero-order valence-corrected chi connectivity index (χ0v) is 21.7. The Balaban J connectivity index is 1.80. The first-order valence-corrected chi connectivity index (χ1v) is 12.2. The van der Waals surface area contributed by atoms with E-state index in [1.807, 2.05) is 0 Å². The van der Waals surface area contributed by atoms with E-state index in [1.54, 1.807) is 0 Å². The average Bonchev–Trinajstić information content (AvgIpc) is 2.94.